The first-order valence-electron chi connectivity index (χ1n) is 9.76. The van der Waals surface area contributed by atoms with Gasteiger partial charge in [0.1, 0.15) is 0 Å². The fourth-order valence-electron chi connectivity index (χ4n) is 3.70. The number of carbonyl (C=O) groups excluding carboxylic acids is 1. The second-order valence-corrected chi connectivity index (χ2v) is 7.44. The molecule has 11 heteroatoms. The molecule has 0 spiro atoms. The average Bonchev–Trinajstić information content (AvgIpc) is 3.17. The van der Waals surface area contributed by atoms with Gasteiger partial charge >= 0.3 is 6.18 Å². The topological polar surface area (TPSA) is 102 Å². The van der Waals surface area contributed by atoms with Crippen LogP contribution < -0.4 is 5.32 Å². The van der Waals surface area contributed by atoms with Crippen LogP contribution in [-0.2, 0) is 6.18 Å². The first kappa shape index (κ1) is 20.8. The van der Waals surface area contributed by atoms with E-state index in [-0.39, 0.29) is 34.3 Å². The summed E-state index contributed by atoms with van der Waals surface area (Å²) in [4.78, 5) is 26.9. The zero-order valence-electron chi connectivity index (χ0n) is 16.2. The number of fused-ring (bicyclic) bond motifs is 1. The van der Waals surface area contributed by atoms with Gasteiger partial charge in [0.2, 0.25) is 0 Å². The smallest absolute Gasteiger partial charge is 0.348 e. The molecule has 0 atom stereocenters. The van der Waals surface area contributed by atoms with Gasteiger partial charge < -0.3 is 5.32 Å². The molecule has 0 aliphatic heterocycles. The summed E-state index contributed by atoms with van der Waals surface area (Å²) in [6.45, 7) is 0. The molecule has 4 rings (SSSR count). The molecule has 0 bridgehead atoms. The number of nitro groups is 1. The van der Waals surface area contributed by atoms with Crippen LogP contribution in [0.15, 0.2) is 36.4 Å². The monoisotopic (exact) mass is 433 g/mol. The Kier molecular flexibility index (Phi) is 5.34. The first-order valence-corrected chi connectivity index (χ1v) is 9.76. The second kappa shape index (κ2) is 7.97. The van der Waals surface area contributed by atoms with Crippen molar-refractivity contribution in [1.29, 1.82) is 0 Å². The molecule has 162 valence electrons. The van der Waals surface area contributed by atoms with E-state index in [1.807, 2.05) is 0 Å². The normalized spacial score (nSPS) is 15.2. The highest BCUT2D eigenvalue weighted by Gasteiger charge is 2.36. The highest BCUT2D eigenvalue weighted by Crippen LogP contribution is 2.32. The van der Waals surface area contributed by atoms with Gasteiger partial charge in [0.05, 0.1) is 10.6 Å². The highest BCUT2D eigenvalue weighted by molar-refractivity contribution is 5.93. The SMILES string of the molecule is O=C(NC1CCCCC1)c1cc2nc(-c3ccc([N+](=O)[O-])cc3)cc(C(F)(F)F)n2n1. The van der Waals surface area contributed by atoms with Gasteiger partial charge in [-0.15, -0.1) is 0 Å². The third-order valence-corrected chi connectivity index (χ3v) is 5.26. The number of aromatic nitrogens is 3. The summed E-state index contributed by atoms with van der Waals surface area (Å²) in [5.74, 6) is -0.539. The number of nitrogens with one attached hydrogen (secondary N) is 1. The number of nitro benzene ring substituents is 1. The van der Waals surface area contributed by atoms with Crippen molar-refractivity contribution >= 4 is 17.2 Å². The van der Waals surface area contributed by atoms with Crippen LogP contribution in [-0.4, -0.2) is 31.5 Å². The first-order chi connectivity index (χ1) is 14.7. The highest BCUT2D eigenvalue weighted by atomic mass is 19.4. The van der Waals surface area contributed by atoms with Gasteiger partial charge in [-0.05, 0) is 31.0 Å². The van der Waals surface area contributed by atoms with Crippen molar-refractivity contribution in [1.82, 2.24) is 19.9 Å². The fourth-order valence-corrected chi connectivity index (χ4v) is 3.70. The predicted octanol–water partition coefficient (Wildman–Crippen LogP) is 4.39. The van der Waals surface area contributed by atoms with E-state index in [2.05, 4.69) is 15.4 Å². The van der Waals surface area contributed by atoms with E-state index in [4.69, 9.17) is 0 Å². The van der Waals surface area contributed by atoms with Crippen LogP contribution in [0.25, 0.3) is 16.9 Å². The lowest BCUT2D eigenvalue weighted by atomic mass is 9.95. The number of amides is 1. The van der Waals surface area contributed by atoms with Crippen LogP contribution in [0, 0.1) is 10.1 Å². The molecule has 8 nitrogen and oxygen atoms in total. The molecule has 2 heterocycles. The zero-order valence-corrected chi connectivity index (χ0v) is 16.2. The molecular formula is C20H18F3N5O3. The van der Waals surface area contributed by atoms with Crippen LogP contribution in [0.2, 0.25) is 0 Å². The van der Waals surface area contributed by atoms with Crippen molar-refractivity contribution < 1.29 is 22.9 Å². The van der Waals surface area contributed by atoms with Crippen LogP contribution in [0.4, 0.5) is 18.9 Å². The molecule has 1 aliphatic carbocycles. The summed E-state index contributed by atoms with van der Waals surface area (Å²) in [7, 11) is 0. The van der Waals surface area contributed by atoms with E-state index in [1.165, 1.54) is 30.3 Å². The van der Waals surface area contributed by atoms with Gasteiger partial charge in [0.15, 0.2) is 17.0 Å². The van der Waals surface area contributed by atoms with Crippen molar-refractivity contribution in [2.24, 2.45) is 0 Å². The molecule has 1 N–H and O–H groups in total. The van der Waals surface area contributed by atoms with Crippen molar-refractivity contribution in [2.45, 2.75) is 44.3 Å². The zero-order chi connectivity index (χ0) is 22.2. The van der Waals surface area contributed by atoms with Gasteiger partial charge in [-0.1, -0.05) is 19.3 Å². The summed E-state index contributed by atoms with van der Waals surface area (Å²) < 4.78 is 41.7. The molecule has 3 aromatic rings. The largest absolute Gasteiger partial charge is 0.433 e. The summed E-state index contributed by atoms with van der Waals surface area (Å²) >= 11 is 0. The number of rotatable bonds is 4. The quantitative estimate of drug-likeness (QED) is 0.486. The number of hydrogen-bond acceptors (Lipinski definition) is 5. The Bertz CT molecular complexity index is 1140. The lowest BCUT2D eigenvalue weighted by Gasteiger charge is -2.22. The Balaban J connectivity index is 1.72. The molecule has 1 saturated carbocycles. The molecule has 31 heavy (non-hydrogen) atoms. The van der Waals surface area contributed by atoms with E-state index in [0.717, 1.165) is 38.2 Å². The van der Waals surface area contributed by atoms with E-state index in [9.17, 15) is 28.1 Å². The number of benzene rings is 1. The minimum Gasteiger partial charge on any atom is -0.348 e. The fraction of sp³-hybridized carbons (Fsp3) is 0.350. The van der Waals surface area contributed by atoms with Crippen molar-refractivity contribution in [2.75, 3.05) is 0 Å². The third-order valence-electron chi connectivity index (χ3n) is 5.26. The van der Waals surface area contributed by atoms with E-state index >= 15 is 0 Å². The van der Waals surface area contributed by atoms with Crippen molar-refractivity contribution in [3.05, 3.63) is 57.9 Å². The molecule has 1 aromatic carbocycles. The number of carbonyl (C=O) groups is 1. The number of hydrogen-bond donors (Lipinski definition) is 1. The summed E-state index contributed by atoms with van der Waals surface area (Å²) in [6, 6.07) is 7.03. The average molecular weight is 433 g/mol. The molecule has 0 saturated heterocycles. The minimum atomic E-state index is -4.75. The Hall–Kier alpha value is -3.50. The summed E-state index contributed by atoms with van der Waals surface area (Å²) in [6.07, 6.45) is -0.00123. The minimum absolute atomic E-state index is 0.0169. The molecule has 0 unspecified atom stereocenters. The molecule has 0 radical (unpaired) electrons. The molecular weight excluding hydrogens is 415 g/mol. The Morgan fingerprint density at radius 1 is 1.13 bits per heavy atom. The summed E-state index contributed by atoms with van der Waals surface area (Å²) in [5, 5.41) is 17.5. The van der Waals surface area contributed by atoms with E-state index < -0.39 is 22.7 Å². The van der Waals surface area contributed by atoms with Gasteiger partial charge in [0.25, 0.3) is 11.6 Å². The van der Waals surface area contributed by atoms with Gasteiger partial charge in [-0.25, -0.2) is 9.50 Å². The number of nitrogens with zero attached hydrogens (tertiary/aromatic N) is 4. The number of non-ortho nitro benzene ring substituents is 1. The Morgan fingerprint density at radius 3 is 2.42 bits per heavy atom. The standard InChI is InChI=1S/C20H18F3N5O3/c21-20(22,23)17-10-15(12-6-8-14(9-7-12)28(30)31)25-18-11-16(26-27(17)18)19(29)24-13-4-2-1-3-5-13/h6-11,13H,1-5H2,(H,24,29). The van der Waals surface area contributed by atoms with Crippen LogP contribution in [0.5, 0.6) is 0 Å². The number of halogens is 3. The maximum absolute atomic E-state index is 13.7. The molecule has 1 fully saturated rings. The van der Waals surface area contributed by atoms with Gasteiger partial charge in [-0.2, -0.15) is 18.3 Å². The summed E-state index contributed by atoms with van der Waals surface area (Å²) in [5.41, 5.74) is -1.34. The molecule has 2 aromatic heterocycles. The van der Waals surface area contributed by atoms with E-state index in [0.29, 0.717) is 4.52 Å². The van der Waals surface area contributed by atoms with Gasteiger partial charge in [0, 0.05) is 29.8 Å². The van der Waals surface area contributed by atoms with Gasteiger partial charge in [-0.3, -0.25) is 14.9 Å². The molecule has 1 amide bonds. The second-order valence-electron chi connectivity index (χ2n) is 7.44. The number of alkyl halides is 3. The Morgan fingerprint density at radius 2 is 1.81 bits per heavy atom. The Labute approximate surface area is 174 Å². The van der Waals surface area contributed by atoms with E-state index in [1.54, 1.807) is 0 Å². The third kappa shape index (κ3) is 4.35. The van der Waals surface area contributed by atoms with Crippen molar-refractivity contribution in [3.63, 3.8) is 0 Å². The predicted molar refractivity (Wildman–Crippen MR) is 104 cm³/mol. The lowest BCUT2D eigenvalue weighted by molar-refractivity contribution is -0.384. The van der Waals surface area contributed by atoms with Crippen LogP contribution >= 0.6 is 0 Å². The lowest BCUT2D eigenvalue weighted by Crippen LogP contribution is -2.36. The maximum Gasteiger partial charge on any atom is 0.433 e. The molecule has 1 aliphatic rings. The van der Waals surface area contributed by atoms with Crippen LogP contribution in [0.3, 0.4) is 0 Å². The van der Waals surface area contributed by atoms with Crippen molar-refractivity contribution in [3.8, 4) is 11.3 Å². The maximum atomic E-state index is 13.7. The van der Waals surface area contributed by atoms with Crippen LogP contribution in [0.1, 0.15) is 48.3 Å².